The molecule has 10 nitrogen and oxygen atoms in total. The summed E-state index contributed by atoms with van der Waals surface area (Å²) >= 11 is 6.13. The number of carbonyl (C=O) groups excluding carboxylic acids is 2. The summed E-state index contributed by atoms with van der Waals surface area (Å²) in [4.78, 5) is 37.2. The van der Waals surface area contributed by atoms with Crippen LogP contribution in [0.25, 0.3) is 0 Å². The van der Waals surface area contributed by atoms with Crippen LogP contribution in [0.4, 0.5) is 16.7 Å². The summed E-state index contributed by atoms with van der Waals surface area (Å²) in [5.74, 6) is -0.0299. The number of nitrogen functional groups attached to an aromatic ring is 1. The van der Waals surface area contributed by atoms with Crippen molar-refractivity contribution in [1.82, 2.24) is 20.3 Å². The molecule has 2 aromatic rings. The Morgan fingerprint density at radius 2 is 1.96 bits per heavy atom. The van der Waals surface area contributed by atoms with Crippen molar-refractivity contribution in [3.8, 4) is 0 Å². The molecule has 1 atom stereocenters. The molecule has 2 rings (SSSR count). The number of aromatic nitrogens is 3. The zero-order chi connectivity index (χ0) is 20.0. The number of nitrogens with one attached hydrogen (secondary N) is 1. The van der Waals surface area contributed by atoms with Gasteiger partial charge in [0.25, 0.3) is 0 Å². The fraction of sp³-hybridized carbons (Fsp3) is 0.312. The van der Waals surface area contributed by atoms with Crippen LogP contribution in [0.3, 0.4) is 0 Å². The Kier molecular flexibility index (Phi) is 6.72. The second kappa shape index (κ2) is 8.99. The number of urea groups is 1. The van der Waals surface area contributed by atoms with E-state index in [2.05, 4.69) is 20.3 Å². The maximum absolute atomic E-state index is 12.2. The summed E-state index contributed by atoms with van der Waals surface area (Å²) in [5, 5.41) is 2.88. The summed E-state index contributed by atoms with van der Waals surface area (Å²) in [6.07, 6.45) is -0.173. The highest BCUT2D eigenvalue weighted by Gasteiger charge is 2.21. The molecule has 144 valence electrons. The second-order valence-electron chi connectivity index (χ2n) is 5.75. The van der Waals surface area contributed by atoms with Crippen LogP contribution in [0.2, 0.25) is 5.02 Å². The van der Waals surface area contributed by atoms with Crippen molar-refractivity contribution in [3.63, 3.8) is 0 Å². The Hall–Kier alpha value is -3.14. The van der Waals surface area contributed by atoms with Gasteiger partial charge in [0.1, 0.15) is 0 Å². The van der Waals surface area contributed by atoms with E-state index in [0.717, 1.165) is 0 Å². The molecule has 0 spiro atoms. The molecule has 0 fully saturated rings. The molecule has 0 unspecified atom stereocenters. The highest BCUT2D eigenvalue weighted by atomic mass is 35.5. The van der Waals surface area contributed by atoms with Crippen LogP contribution in [0.15, 0.2) is 24.3 Å². The third-order valence-corrected chi connectivity index (χ3v) is 3.76. The van der Waals surface area contributed by atoms with Gasteiger partial charge in [0.05, 0.1) is 12.5 Å². The van der Waals surface area contributed by atoms with E-state index < -0.39 is 18.0 Å². The van der Waals surface area contributed by atoms with Gasteiger partial charge in [0.2, 0.25) is 11.9 Å². The Labute approximate surface area is 160 Å². The molecule has 0 aliphatic carbocycles. The van der Waals surface area contributed by atoms with Gasteiger partial charge in [0.15, 0.2) is 12.4 Å². The van der Waals surface area contributed by atoms with E-state index in [-0.39, 0.29) is 24.8 Å². The number of rotatable bonds is 7. The van der Waals surface area contributed by atoms with Gasteiger partial charge in [-0.25, -0.2) is 4.79 Å². The standard InChI is InChI=1S/C16H20ClN7O3/c1-24(2)16-22-12(21-14(18)23-16)8-27-13(25)7-11(20-15(19)26)9-5-3-4-6-10(9)17/h3-6,11H,7-8H2,1-2H3,(H3,19,20,26)(H2,18,21,22,23)/t11-/m0/s1. The zero-order valence-electron chi connectivity index (χ0n) is 14.8. The summed E-state index contributed by atoms with van der Waals surface area (Å²) in [5.41, 5.74) is 11.4. The van der Waals surface area contributed by atoms with E-state index in [1.165, 1.54) is 0 Å². The molecule has 1 aromatic heterocycles. The Balaban J connectivity index is 2.06. The predicted molar refractivity (Wildman–Crippen MR) is 99.9 cm³/mol. The molecule has 0 aliphatic rings. The highest BCUT2D eigenvalue weighted by Crippen LogP contribution is 2.25. The number of carbonyl (C=O) groups is 2. The van der Waals surface area contributed by atoms with Gasteiger partial charge < -0.3 is 26.4 Å². The first kappa shape index (κ1) is 20.2. The molecule has 0 saturated heterocycles. The predicted octanol–water partition coefficient (Wildman–Crippen LogP) is 1.02. The fourth-order valence-electron chi connectivity index (χ4n) is 2.23. The summed E-state index contributed by atoms with van der Waals surface area (Å²) in [7, 11) is 3.49. The molecule has 0 radical (unpaired) electrons. The van der Waals surface area contributed by atoms with E-state index in [0.29, 0.717) is 16.5 Å². The van der Waals surface area contributed by atoms with E-state index in [1.54, 1.807) is 43.3 Å². The van der Waals surface area contributed by atoms with Crippen LogP contribution in [0.5, 0.6) is 0 Å². The van der Waals surface area contributed by atoms with Crippen molar-refractivity contribution >= 4 is 35.5 Å². The molecule has 5 N–H and O–H groups in total. The molecule has 0 saturated carbocycles. The summed E-state index contributed by atoms with van der Waals surface area (Å²) in [6.45, 7) is -0.196. The minimum Gasteiger partial charge on any atom is -0.457 e. The van der Waals surface area contributed by atoms with E-state index >= 15 is 0 Å². The van der Waals surface area contributed by atoms with E-state index in [9.17, 15) is 9.59 Å². The number of esters is 1. The molecule has 0 bridgehead atoms. The lowest BCUT2D eigenvalue weighted by atomic mass is 10.0. The third-order valence-electron chi connectivity index (χ3n) is 3.42. The number of ether oxygens (including phenoxy) is 1. The number of anilines is 2. The molecule has 2 amide bonds. The molecule has 0 aliphatic heterocycles. The van der Waals surface area contributed by atoms with Crippen LogP contribution in [-0.2, 0) is 16.1 Å². The van der Waals surface area contributed by atoms with Gasteiger partial charge in [-0.15, -0.1) is 0 Å². The van der Waals surface area contributed by atoms with Gasteiger partial charge in [-0.1, -0.05) is 29.8 Å². The number of hydrogen-bond donors (Lipinski definition) is 3. The Morgan fingerprint density at radius 1 is 1.26 bits per heavy atom. The first-order valence-electron chi connectivity index (χ1n) is 7.90. The normalized spacial score (nSPS) is 11.5. The fourth-order valence-corrected chi connectivity index (χ4v) is 2.50. The van der Waals surface area contributed by atoms with Crippen LogP contribution in [0.1, 0.15) is 23.9 Å². The largest absolute Gasteiger partial charge is 0.457 e. The van der Waals surface area contributed by atoms with Crippen LogP contribution < -0.4 is 21.7 Å². The average molecular weight is 394 g/mol. The highest BCUT2D eigenvalue weighted by molar-refractivity contribution is 6.31. The van der Waals surface area contributed by atoms with Crippen molar-refractivity contribution in [2.24, 2.45) is 5.73 Å². The number of benzene rings is 1. The van der Waals surface area contributed by atoms with Gasteiger partial charge >= 0.3 is 12.0 Å². The minimum absolute atomic E-state index is 0.0177. The van der Waals surface area contributed by atoms with Crippen LogP contribution in [0, 0.1) is 0 Å². The Bertz CT molecular complexity index is 831. The molecule has 1 heterocycles. The lowest BCUT2D eigenvalue weighted by Crippen LogP contribution is -2.34. The zero-order valence-corrected chi connectivity index (χ0v) is 15.6. The van der Waals surface area contributed by atoms with E-state index in [1.807, 2.05) is 0 Å². The Morgan fingerprint density at radius 3 is 2.59 bits per heavy atom. The maximum atomic E-state index is 12.2. The van der Waals surface area contributed by atoms with Gasteiger partial charge in [-0.2, -0.15) is 15.0 Å². The SMILES string of the molecule is CN(C)c1nc(N)nc(COC(=O)C[C@H](NC(N)=O)c2ccccc2Cl)n1. The number of nitrogens with two attached hydrogens (primary N) is 2. The molecule has 1 aromatic carbocycles. The average Bonchev–Trinajstić information content (AvgIpc) is 2.59. The minimum atomic E-state index is -0.784. The first-order valence-corrected chi connectivity index (χ1v) is 8.28. The number of hydrogen-bond acceptors (Lipinski definition) is 8. The molecular weight excluding hydrogens is 374 g/mol. The topological polar surface area (TPSA) is 149 Å². The van der Waals surface area contributed by atoms with Crippen molar-refractivity contribution in [3.05, 3.63) is 40.7 Å². The summed E-state index contributed by atoms with van der Waals surface area (Å²) in [6, 6.07) is 5.29. The van der Waals surface area contributed by atoms with Crippen LogP contribution in [-0.4, -0.2) is 41.0 Å². The van der Waals surface area contributed by atoms with Gasteiger partial charge in [0, 0.05) is 19.1 Å². The number of nitrogens with zero attached hydrogens (tertiary/aromatic N) is 4. The maximum Gasteiger partial charge on any atom is 0.312 e. The number of amides is 2. The first-order chi connectivity index (χ1) is 12.8. The summed E-state index contributed by atoms with van der Waals surface area (Å²) < 4.78 is 5.19. The lowest BCUT2D eigenvalue weighted by molar-refractivity contribution is -0.145. The lowest BCUT2D eigenvalue weighted by Gasteiger charge is -2.18. The number of halogens is 1. The monoisotopic (exact) mass is 393 g/mol. The quantitative estimate of drug-likeness (QED) is 0.590. The van der Waals surface area contributed by atoms with Gasteiger partial charge in [-0.05, 0) is 11.6 Å². The third kappa shape index (κ3) is 5.96. The van der Waals surface area contributed by atoms with Crippen molar-refractivity contribution in [2.45, 2.75) is 19.1 Å². The number of primary amides is 1. The molecular formula is C16H20ClN7O3. The van der Waals surface area contributed by atoms with Crippen molar-refractivity contribution < 1.29 is 14.3 Å². The molecule has 11 heteroatoms. The second-order valence-corrected chi connectivity index (χ2v) is 6.16. The van der Waals surface area contributed by atoms with Gasteiger partial charge in [-0.3, -0.25) is 4.79 Å². The molecule has 27 heavy (non-hydrogen) atoms. The van der Waals surface area contributed by atoms with Crippen LogP contribution >= 0.6 is 11.6 Å². The smallest absolute Gasteiger partial charge is 0.312 e. The van der Waals surface area contributed by atoms with E-state index in [4.69, 9.17) is 27.8 Å². The van der Waals surface area contributed by atoms with Crippen molar-refractivity contribution in [1.29, 1.82) is 0 Å². The van der Waals surface area contributed by atoms with Crippen molar-refractivity contribution in [2.75, 3.05) is 24.7 Å².